The van der Waals surface area contributed by atoms with Crippen molar-refractivity contribution < 1.29 is 41.4 Å². The number of carbonyl (C=O) groups excluding carboxylic acids is 1. The fourth-order valence-electron chi connectivity index (χ4n) is 4.71. The molecule has 4 atom stereocenters. The van der Waals surface area contributed by atoms with Crippen LogP contribution in [0.2, 0.25) is 0 Å². The first-order valence-electron chi connectivity index (χ1n) is 12.4. The van der Waals surface area contributed by atoms with E-state index < -0.39 is 51.2 Å². The van der Waals surface area contributed by atoms with Crippen molar-refractivity contribution in [1.82, 2.24) is 0 Å². The number of rotatable bonds is 8. The van der Waals surface area contributed by atoms with Crippen molar-refractivity contribution >= 4 is 29.0 Å². The number of aliphatic hydroxyl groups is 2. The van der Waals surface area contributed by atoms with Crippen molar-refractivity contribution in [2.24, 2.45) is 0 Å². The molecule has 3 nitrogen and oxygen atoms in total. The van der Waals surface area contributed by atoms with Crippen LogP contribution in [0.5, 0.6) is 0 Å². The summed E-state index contributed by atoms with van der Waals surface area (Å²) < 4.78 is 81.5. The van der Waals surface area contributed by atoms with E-state index >= 15 is 0 Å². The van der Waals surface area contributed by atoms with Crippen molar-refractivity contribution in [3.05, 3.63) is 143 Å². The third-order valence-electron chi connectivity index (χ3n) is 6.90. The van der Waals surface area contributed by atoms with E-state index in [0.29, 0.717) is 12.1 Å². The summed E-state index contributed by atoms with van der Waals surface area (Å²) in [6, 6.07) is 21.9. The van der Waals surface area contributed by atoms with Crippen LogP contribution in [-0.4, -0.2) is 28.2 Å². The molecule has 4 aromatic carbocycles. The van der Waals surface area contributed by atoms with Gasteiger partial charge < -0.3 is 10.2 Å². The van der Waals surface area contributed by atoms with Gasteiger partial charge in [-0.1, -0.05) is 84.9 Å². The molecule has 0 saturated carbocycles. The highest BCUT2D eigenvalue weighted by molar-refractivity contribution is 6.30. The van der Waals surface area contributed by atoms with Gasteiger partial charge in [0.2, 0.25) is 0 Å². The lowest BCUT2D eigenvalue weighted by Gasteiger charge is -2.38. The van der Waals surface area contributed by atoms with Crippen LogP contribution in [0.1, 0.15) is 33.4 Å². The first-order chi connectivity index (χ1) is 19.6. The highest BCUT2D eigenvalue weighted by Crippen LogP contribution is 2.46. The summed E-state index contributed by atoms with van der Waals surface area (Å²) in [5, 5.41) is 23.0. The zero-order valence-electron chi connectivity index (χ0n) is 21.4. The van der Waals surface area contributed by atoms with Crippen molar-refractivity contribution in [2.75, 3.05) is 0 Å². The average molecular weight is 627 g/mol. The van der Waals surface area contributed by atoms with Crippen LogP contribution in [0.4, 0.5) is 26.3 Å². The summed E-state index contributed by atoms with van der Waals surface area (Å²) in [5.41, 5.74) is -2.84. The molecule has 4 rings (SSSR count). The minimum absolute atomic E-state index is 0.0120. The van der Waals surface area contributed by atoms with Gasteiger partial charge in [-0.3, -0.25) is 4.79 Å². The number of aliphatic hydroxyl groups excluding tert-OH is 2. The molecule has 0 saturated heterocycles. The molecule has 0 spiro atoms. The summed E-state index contributed by atoms with van der Waals surface area (Å²) in [5.74, 6) is -1.44. The van der Waals surface area contributed by atoms with Crippen LogP contribution in [-0.2, 0) is 26.9 Å². The van der Waals surface area contributed by atoms with Gasteiger partial charge in [0.15, 0.2) is 5.78 Å². The Bertz CT molecular complexity index is 1430. The fourth-order valence-corrected chi connectivity index (χ4v) is 5.41. The molecule has 42 heavy (non-hydrogen) atoms. The number of benzene rings is 4. The van der Waals surface area contributed by atoms with E-state index in [1.165, 1.54) is 60.7 Å². The Morgan fingerprint density at radius 1 is 0.500 bits per heavy atom. The fraction of sp³-hybridized carbons (Fsp3) is 0.194. The standard InChI is InChI=1S/C31H22Cl2F6O3/c32-28(19-9-3-1-4-10-19,21-13-7-15-23(17-21)30(34,35)36)26(41)25(40)27(42)29(33,20-11-5-2-6-12-20)22-14-8-16-24(18-22)31(37,38)39/h1-18,26-27,41-42H. The summed E-state index contributed by atoms with van der Waals surface area (Å²) in [6.07, 6.45) is -14.4. The zero-order valence-corrected chi connectivity index (χ0v) is 22.9. The Labute approximate surface area is 247 Å². The van der Waals surface area contributed by atoms with Crippen LogP contribution in [0.25, 0.3) is 0 Å². The molecule has 0 aromatic heterocycles. The second-order valence-electron chi connectivity index (χ2n) is 9.52. The lowest BCUT2D eigenvalue weighted by molar-refractivity contribution is -0.138. The largest absolute Gasteiger partial charge is 0.416 e. The number of halogens is 8. The lowest BCUT2D eigenvalue weighted by Crippen LogP contribution is -2.51. The number of alkyl halides is 8. The van der Waals surface area contributed by atoms with Crippen LogP contribution >= 0.6 is 23.2 Å². The predicted octanol–water partition coefficient (Wildman–Crippen LogP) is 7.68. The maximum Gasteiger partial charge on any atom is 0.416 e. The molecule has 220 valence electrons. The lowest BCUT2D eigenvalue weighted by atomic mass is 9.77. The highest BCUT2D eigenvalue weighted by atomic mass is 35.5. The highest BCUT2D eigenvalue weighted by Gasteiger charge is 2.52. The van der Waals surface area contributed by atoms with Crippen molar-refractivity contribution in [1.29, 1.82) is 0 Å². The van der Waals surface area contributed by atoms with E-state index in [9.17, 15) is 41.4 Å². The van der Waals surface area contributed by atoms with E-state index in [4.69, 9.17) is 23.2 Å². The Morgan fingerprint density at radius 2 is 0.786 bits per heavy atom. The molecular weight excluding hydrogens is 605 g/mol. The molecule has 2 N–H and O–H groups in total. The molecule has 0 radical (unpaired) electrons. The van der Waals surface area contributed by atoms with Gasteiger partial charge in [0.05, 0.1) is 11.1 Å². The number of hydrogen-bond donors (Lipinski definition) is 2. The van der Waals surface area contributed by atoms with E-state index in [1.807, 2.05) is 0 Å². The van der Waals surface area contributed by atoms with Gasteiger partial charge in [-0.2, -0.15) is 26.3 Å². The monoisotopic (exact) mass is 626 g/mol. The second kappa shape index (κ2) is 11.7. The topological polar surface area (TPSA) is 57.5 Å². The SMILES string of the molecule is O=C(C(O)C(Cl)(c1ccccc1)c1cccc(C(F)(F)F)c1)C(O)C(Cl)(c1ccccc1)c1cccc(C(F)(F)F)c1. The first kappa shape index (κ1) is 31.6. The molecule has 4 aromatic rings. The molecule has 0 heterocycles. The summed E-state index contributed by atoms with van der Waals surface area (Å²) >= 11 is 13.8. The van der Waals surface area contributed by atoms with Gasteiger partial charge in [-0.05, 0) is 46.5 Å². The van der Waals surface area contributed by atoms with Crippen LogP contribution in [0.15, 0.2) is 109 Å². The molecule has 11 heteroatoms. The van der Waals surface area contributed by atoms with Crippen LogP contribution in [0.3, 0.4) is 0 Å². The minimum Gasteiger partial charge on any atom is -0.383 e. The van der Waals surface area contributed by atoms with Gasteiger partial charge >= 0.3 is 12.4 Å². The van der Waals surface area contributed by atoms with E-state index in [1.54, 1.807) is 12.1 Å². The molecule has 0 aliphatic carbocycles. The number of Topliss-reactive ketones (excluding diaryl/α,β-unsaturated/α-hetero) is 1. The van der Waals surface area contributed by atoms with Gasteiger partial charge in [0, 0.05) is 0 Å². The molecule has 0 aliphatic heterocycles. The molecule has 0 bridgehead atoms. The molecule has 4 unspecified atom stereocenters. The number of ketones is 1. The third-order valence-corrected chi connectivity index (χ3v) is 8.19. The molecule has 0 fully saturated rings. The predicted molar refractivity (Wildman–Crippen MR) is 146 cm³/mol. The van der Waals surface area contributed by atoms with Crippen molar-refractivity contribution in [3.8, 4) is 0 Å². The first-order valence-corrected chi connectivity index (χ1v) is 13.1. The Balaban J connectivity index is 1.88. The van der Waals surface area contributed by atoms with Gasteiger partial charge in [0.1, 0.15) is 22.0 Å². The normalized spacial score (nSPS) is 16.6. The second-order valence-corrected chi connectivity index (χ2v) is 10.7. The van der Waals surface area contributed by atoms with E-state index in [0.717, 1.165) is 24.3 Å². The maximum absolute atomic E-state index is 13.9. The average Bonchev–Trinajstić information content (AvgIpc) is 2.99. The van der Waals surface area contributed by atoms with Crippen LogP contribution in [0, 0.1) is 0 Å². The quantitative estimate of drug-likeness (QED) is 0.156. The summed E-state index contributed by atoms with van der Waals surface area (Å²) in [7, 11) is 0. The summed E-state index contributed by atoms with van der Waals surface area (Å²) in [6.45, 7) is 0. The minimum atomic E-state index is -4.79. The summed E-state index contributed by atoms with van der Waals surface area (Å²) in [4.78, 5) is 9.14. The zero-order chi connectivity index (χ0) is 30.9. The smallest absolute Gasteiger partial charge is 0.383 e. The third kappa shape index (κ3) is 5.92. The van der Waals surface area contributed by atoms with Crippen molar-refractivity contribution in [3.63, 3.8) is 0 Å². The van der Waals surface area contributed by atoms with E-state index in [-0.39, 0.29) is 22.3 Å². The van der Waals surface area contributed by atoms with Crippen molar-refractivity contribution in [2.45, 2.75) is 34.3 Å². The van der Waals surface area contributed by atoms with Gasteiger partial charge in [0.25, 0.3) is 0 Å². The van der Waals surface area contributed by atoms with Crippen LogP contribution < -0.4 is 0 Å². The Kier molecular flexibility index (Phi) is 8.81. The maximum atomic E-state index is 13.9. The Morgan fingerprint density at radius 3 is 1.10 bits per heavy atom. The van der Waals surface area contributed by atoms with E-state index in [2.05, 4.69) is 0 Å². The number of hydrogen-bond acceptors (Lipinski definition) is 3. The molecular formula is C31H22Cl2F6O3. The molecule has 0 aliphatic rings. The Hall–Kier alpha value is -3.37. The number of carbonyl (C=O) groups is 1. The van der Waals surface area contributed by atoms with Gasteiger partial charge in [-0.15, -0.1) is 23.2 Å². The molecule has 0 amide bonds. The van der Waals surface area contributed by atoms with Gasteiger partial charge in [-0.25, -0.2) is 0 Å².